The van der Waals surface area contributed by atoms with E-state index in [2.05, 4.69) is 39.9 Å². The maximum absolute atomic E-state index is 12.9. The molecule has 0 aromatic heterocycles. The normalized spacial score (nSPS) is 19.9. The predicted octanol–water partition coefficient (Wildman–Crippen LogP) is 2.63. The van der Waals surface area contributed by atoms with E-state index in [1.807, 2.05) is 54.0 Å². The van der Waals surface area contributed by atoms with Crippen LogP contribution in [0.15, 0.2) is 30.3 Å². The highest BCUT2D eigenvalue weighted by Crippen LogP contribution is 2.27. The number of carbonyl (C=O) groups is 2. The average Bonchev–Trinajstić information content (AvgIpc) is 2.72. The highest BCUT2D eigenvalue weighted by Gasteiger charge is 2.40. The fraction of sp³-hybridized carbons (Fsp3) is 0.692. The van der Waals surface area contributed by atoms with Crippen molar-refractivity contribution in [2.24, 2.45) is 23.0 Å². The second kappa shape index (κ2) is 11.0. The van der Waals surface area contributed by atoms with Crippen molar-refractivity contribution in [2.75, 3.05) is 31.1 Å². The molecule has 7 nitrogen and oxygen atoms in total. The van der Waals surface area contributed by atoms with Crippen LogP contribution >= 0.6 is 0 Å². The van der Waals surface area contributed by atoms with E-state index in [1.165, 1.54) is 0 Å². The van der Waals surface area contributed by atoms with Gasteiger partial charge in [0.05, 0.1) is 12.6 Å². The summed E-state index contributed by atoms with van der Waals surface area (Å²) in [6.45, 7) is 16.1. The van der Waals surface area contributed by atoms with E-state index in [0.717, 1.165) is 5.69 Å². The van der Waals surface area contributed by atoms with Gasteiger partial charge in [0, 0.05) is 42.8 Å². The summed E-state index contributed by atoms with van der Waals surface area (Å²) in [6.07, 6.45) is -0.538. The molecule has 1 fully saturated rings. The van der Waals surface area contributed by atoms with Gasteiger partial charge in [0.25, 0.3) is 0 Å². The number of benzene rings is 1. The lowest BCUT2D eigenvalue weighted by molar-refractivity contribution is -0.128. The average molecular weight is 461 g/mol. The van der Waals surface area contributed by atoms with E-state index >= 15 is 0 Å². The number of piperazine rings is 1. The number of nitrogens with one attached hydrogen (secondary N) is 1. The van der Waals surface area contributed by atoms with E-state index in [-0.39, 0.29) is 41.1 Å². The molecule has 2 amide bonds. The number of para-hydroxylation sites is 1. The molecular formula is C26H44N4O3. The number of carbonyl (C=O) groups excluding carboxylic acids is 2. The second-order valence-electron chi connectivity index (χ2n) is 11.6. The number of nitrogens with zero attached hydrogens (tertiary/aromatic N) is 2. The fourth-order valence-corrected chi connectivity index (χ4v) is 4.17. The Bertz CT molecular complexity index is 788. The third-order valence-corrected chi connectivity index (χ3v) is 6.45. The summed E-state index contributed by atoms with van der Waals surface area (Å²) >= 11 is 0. The topological polar surface area (TPSA) is 98.9 Å². The Balaban J connectivity index is 2.00. The molecule has 0 bridgehead atoms. The minimum absolute atomic E-state index is 0.00771. The molecule has 1 aliphatic heterocycles. The van der Waals surface area contributed by atoms with E-state index in [0.29, 0.717) is 26.1 Å². The van der Waals surface area contributed by atoms with Crippen molar-refractivity contribution in [3.8, 4) is 0 Å². The Morgan fingerprint density at radius 3 is 2.36 bits per heavy atom. The molecule has 1 aromatic carbocycles. The van der Waals surface area contributed by atoms with Crippen LogP contribution in [0.1, 0.15) is 54.9 Å². The molecule has 2 rings (SSSR count). The quantitative estimate of drug-likeness (QED) is 0.526. The Hall–Kier alpha value is -1.96. The lowest BCUT2D eigenvalue weighted by Gasteiger charge is -2.47. The molecule has 0 spiro atoms. The number of hydrogen-bond acceptors (Lipinski definition) is 5. The van der Waals surface area contributed by atoms with E-state index < -0.39 is 12.1 Å². The van der Waals surface area contributed by atoms with Gasteiger partial charge in [0.15, 0.2) is 0 Å². The zero-order valence-corrected chi connectivity index (χ0v) is 21.5. The highest BCUT2D eigenvalue weighted by atomic mass is 16.3. The highest BCUT2D eigenvalue weighted by molar-refractivity contribution is 5.95. The molecule has 0 saturated carbocycles. The first-order valence-corrected chi connectivity index (χ1v) is 12.0. The molecule has 33 heavy (non-hydrogen) atoms. The van der Waals surface area contributed by atoms with Crippen LogP contribution in [0.3, 0.4) is 0 Å². The van der Waals surface area contributed by atoms with Gasteiger partial charge in [-0.2, -0.15) is 0 Å². The maximum Gasteiger partial charge on any atom is 0.241 e. The molecule has 4 N–H and O–H groups in total. The summed E-state index contributed by atoms with van der Waals surface area (Å²) in [7, 11) is 0. The van der Waals surface area contributed by atoms with Gasteiger partial charge in [-0.3, -0.25) is 14.5 Å². The number of nitrogens with two attached hydrogens (primary N) is 1. The van der Waals surface area contributed by atoms with Crippen molar-refractivity contribution >= 4 is 17.5 Å². The molecule has 1 heterocycles. The van der Waals surface area contributed by atoms with Gasteiger partial charge in [-0.15, -0.1) is 0 Å². The molecule has 3 atom stereocenters. The molecular weight excluding hydrogens is 416 g/mol. The Morgan fingerprint density at radius 1 is 1.21 bits per heavy atom. The largest absolute Gasteiger partial charge is 0.391 e. The molecule has 0 radical (unpaired) electrons. The molecule has 0 aliphatic carbocycles. The van der Waals surface area contributed by atoms with Crippen LogP contribution in [-0.2, 0) is 9.59 Å². The first kappa shape index (κ1) is 27.3. The third-order valence-electron chi connectivity index (χ3n) is 6.45. The van der Waals surface area contributed by atoms with Crippen molar-refractivity contribution in [1.29, 1.82) is 0 Å². The summed E-state index contributed by atoms with van der Waals surface area (Å²) in [5.41, 5.74) is 6.98. The number of anilines is 1. The first-order valence-electron chi connectivity index (χ1n) is 12.0. The number of hydrogen-bond donors (Lipinski definition) is 3. The van der Waals surface area contributed by atoms with Gasteiger partial charge in [0.2, 0.25) is 11.8 Å². The van der Waals surface area contributed by atoms with Crippen LogP contribution in [0.25, 0.3) is 0 Å². The minimum atomic E-state index is -0.837. The summed E-state index contributed by atoms with van der Waals surface area (Å²) in [5.74, 6) is -0.265. The van der Waals surface area contributed by atoms with Gasteiger partial charge in [-0.25, -0.2) is 0 Å². The maximum atomic E-state index is 12.9. The Morgan fingerprint density at radius 2 is 1.82 bits per heavy atom. The van der Waals surface area contributed by atoms with Gasteiger partial charge in [0.1, 0.15) is 0 Å². The Kier molecular flexibility index (Phi) is 9.08. The second-order valence-corrected chi connectivity index (χ2v) is 11.6. The van der Waals surface area contributed by atoms with Crippen LogP contribution < -0.4 is 16.0 Å². The third kappa shape index (κ3) is 7.80. The van der Waals surface area contributed by atoms with Crippen molar-refractivity contribution < 1.29 is 14.7 Å². The summed E-state index contributed by atoms with van der Waals surface area (Å²) in [6, 6.07) is 9.11. The summed E-state index contributed by atoms with van der Waals surface area (Å²) < 4.78 is 0. The molecule has 7 heteroatoms. The zero-order valence-electron chi connectivity index (χ0n) is 21.5. The number of amides is 2. The van der Waals surface area contributed by atoms with Crippen molar-refractivity contribution in [1.82, 2.24) is 10.2 Å². The van der Waals surface area contributed by atoms with Crippen LogP contribution in [0, 0.1) is 17.3 Å². The number of aliphatic hydroxyl groups excluding tert-OH is 1. The number of rotatable bonds is 9. The monoisotopic (exact) mass is 460 g/mol. The van der Waals surface area contributed by atoms with E-state index in [9.17, 15) is 14.7 Å². The molecule has 1 saturated heterocycles. The van der Waals surface area contributed by atoms with Crippen molar-refractivity contribution in [3.05, 3.63) is 30.3 Å². The van der Waals surface area contributed by atoms with Crippen LogP contribution in [0.5, 0.6) is 0 Å². The lowest BCUT2D eigenvalue weighted by atomic mass is 9.86. The molecule has 1 aliphatic rings. The fourth-order valence-electron chi connectivity index (χ4n) is 4.17. The SMILES string of the molecule is CC(C)[C@H](C[C@H](O)[C@@H](N)CN1CC(=O)N(c2ccccc2)CC1(C)C)C(=O)NCC(C)(C)C. The van der Waals surface area contributed by atoms with Crippen LogP contribution in [-0.4, -0.2) is 65.7 Å². The van der Waals surface area contributed by atoms with E-state index in [1.54, 1.807) is 0 Å². The predicted molar refractivity (Wildman–Crippen MR) is 134 cm³/mol. The summed E-state index contributed by atoms with van der Waals surface area (Å²) in [4.78, 5) is 29.5. The van der Waals surface area contributed by atoms with Crippen molar-refractivity contribution in [2.45, 2.75) is 72.6 Å². The molecule has 1 aromatic rings. The lowest BCUT2D eigenvalue weighted by Crippen LogP contribution is -2.64. The van der Waals surface area contributed by atoms with Gasteiger partial charge >= 0.3 is 0 Å². The zero-order chi connectivity index (χ0) is 25.0. The van der Waals surface area contributed by atoms with Gasteiger partial charge in [-0.05, 0) is 43.7 Å². The minimum Gasteiger partial charge on any atom is -0.391 e. The number of aliphatic hydroxyl groups is 1. The standard InChI is InChI=1S/C26H44N4O3/c1-18(2)20(24(33)28-16-25(3,4)5)13-22(31)21(27)14-29-15-23(32)30(17-26(29,6)7)19-11-9-8-10-12-19/h8-12,18,20-22,31H,13-17,27H2,1-7H3,(H,28,33)/t20-,21-,22-/m0/s1. The van der Waals surface area contributed by atoms with Crippen molar-refractivity contribution in [3.63, 3.8) is 0 Å². The van der Waals surface area contributed by atoms with Gasteiger partial charge in [-0.1, -0.05) is 52.8 Å². The molecule has 0 unspecified atom stereocenters. The molecule has 186 valence electrons. The Labute approximate surface area is 199 Å². The van der Waals surface area contributed by atoms with Crippen LogP contribution in [0.4, 0.5) is 5.69 Å². The first-order chi connectivity index (χ1) is 15.2. The van der Waals surface area contributed by atoms with Crippen LogP contribution in [0.2, 0.25) is 0 Å². The van der Waals surface area contributed by atoms with Gasteiger partial charge < -0.3 is 21.1 Å². The van der Waals surface area contributed by atoms with E-state index in [4.69, 9.17) is 5.73 Å². The smallest absolute Gasteiger partial charge is 0.241 e. The summed E-state index contributed by atoms with van der Waals surface area (Å²) in [5, 5.41) is 13.9.